The lowest BCUT2D eigenvalue weighted by Gasteiger charge is -2.22. The van der Waals surface area contributed by atoms with E-state index in [1.165, 1.54) is 0 Å². The van der Waals surface area contributed by atoms with Gasteiger partial charge in [-0.1, -0.05) is 18.2 Å². The standard InChI is InChI=1S/C16H20N2O2/c1-20-9-8-18(13-6-7-13)16(19)10-12-11-17-15-5-3-2-4-14(12)15/h2-5,11,13,17H,6-10H2,1H3. The summed E-state index contributed by atoms with van der Waals surface area (Å²) in [5, 5.41) is 1.14. The van der Waals surface area contributed by atoms with Crippen molar-refractivity contribution in [2.24, 2.45) is 0 Å². The third-order valence-corrected chi connectivity index (χ3v) is 3.86. The van der Waals surface area contributed by atoms with Crippen molar-refractivity contribution in [1.29, 1.82) is 0 Å². The Balaban J connectivity index is 1.73. The summed E-state index contributed by atoms with van der Waals surface area (Å²) < 4.78 is 5.11. The number of benzene rings is 1. The molecular weight excluding hydrogens is 252 g/mol. The molecule has 0 bridgehead atoms. The Morgan fingerprint density at radius 2 is 2.20 bits per heavy atom. The molecule has 1 amide bonds. The molecule has 106 valence electrons. The number of H-pyrrole nitrogens is 1. The molecule has 0 atom stereocenters. The minimum absolute atomic E-state index is 0.203. The Morgan fingerprint density at radius 3 is 2.95 bits per heavy atom. The predicted octanol–water partition coefficient (Wildman–Crippen LogP) is 2.35. The van der Waals surface area contributed by atoms with Gasteiger partial charge in [-0.25, -0.2) is 0 Å². The van der Waals surface area contributed by atoms with Crippen LogP contribution in [-0.2, 0) is 16.0 Å². The van der Waals surface area contributed by atoms with Crippen LogP contribution in [0.3, 0.4) is 0 Å². The molecule has 4 heteroatoms. The molecule has 0 radical (unpaired) electrons. The number of para-hydroxylation sites is 1. The fourth-order valence-electron chi connectivity index (χ4n) is 2.63. The molecule has 0 unspecified atom stereocenters. The first kappa shape index (κ1) is 13.2. The second-order valence-electron chi connectivity index (χ2n) is 5.35. The highest BCUT2D eigenvalue weighted by Crippen LogP contribution is 2.28. The van der Waals surface area contributed by atoms with Crippen molar-refractivity contribution in [3.63, 3.8) is 0 Å². The van der Waals surface area contributed by atoms with Crippen LogP contribution >= 0.6 is 0 Å². The van der Waals surface area contributed by atoms with E-state index in [-0.39, 0.29) is 5.91 Å². The topological polar surface area (TPSA) is 45.3 Å². The summed E-state index contributed by atoms with van der Waals surface area (Å²) >= 11 is 0. The first-order valence-corrected chi connectivity index (χ1v) is 7.13. The number of hydrogen-bond acceptors (Lipinski definition) is 2. The SMILES string of the molecule is COCCN(C(=O)Cc1c[nH]c2ccccc12)C1CC1. The van der Waals surface area contributed by atoms with Crippen molar-refractivity contribution < 1.29 is 9.53 Å². The van der Waals surface area contributed by atoms with Crippen LogP contribution in [0.15, 0.2) is 30.5 Å². The Labute approximate surface area is 118 Å². The monoisotopic (exact) mass is 272 g/mol. The smallest absolute Gasteiger partial charge is 0.227 e. The number of hydrogen-bond donors (Lipinski definition) is 1. The molecule has 1 heterocycles. The van der Waals surface area contributed by atoms with E-state index in [2.05, 4.69) is 11.1 Å². The second-order valence-corrected chi connectivity index (χ2v) is 5.35. The fourth-order valence-corrected chi connectivity index (χ4v) is 2.63. The summed E-state index contributed by atoms with van der Waals surface area (Å²) in [5.41, 5.74) is 2.17. The minimum Gasteiger partial charge on any atom is -0.383 e. The molecule has 1 aliphatic rings. The van der Waals surface area contributed by atoms with Gasteiger partial charge in [0, 0.05) is 36.8 Å². The molecule has 1 N–H and O–H groups in total. The third kappa shape index (κ3) is 2.70. The van der Waals surface area contributed by atoms with Crippen LogP contribution in [0, 0.1) is 0 Å². The maximum absolute atomic E-state index is 12.5. The van der Waals surface area contributed by atoms with Crippen molar-refractivity contribution in [2.75, 3.05) is 20.3 Å². The number of rotatable bonds is 6. The lowest BCUT2D eigenvalue weighted by molar-refractivity contribution is -0.131. The maximum Gasteiger partial charge on any atom is 0.227 e. The van der Waals surface area contributed by atoms with Gasteiger partial charge in [-0.3, -0.25) is 4.79 Å². The molecule has 1 fully saturated rings. The quantitative estimate of drug-likeness (QED) is 0.877. The van der Waals surface area contributed by atoms with Crippen LogP contribution in [0.4, 0.5) is 0 Å². The van der Waals surface area contributed by atoms with Crippen LogP contribution in [0.2, 0.25) is 0 Å². The second kappa shape index (κ2) is 5.67. The lowest BCUT2D eigenvalue weighted by Crippen LogP contribution is -2.36. The Bertz CT molecular complexity index is 601. The molecule has 4 nitrogen and oxygen atoms in total. The van der Waals surface area contributed by atoms with Crippen LogP contribution in [0.5, 0.6) is 0 Å². The summed E-state index contributed by atoms with van der Waals surface area (Å²) in [6.07, 6.45) is 4.67. The van der Waals surface area contributed by atoms with Crippen LogP contribution < -0.4 is 0 Å². The maximum atomic E-state index is 12.5. The average Bonchev–Trinajstić information content (AvgIpc) is 3.22. The molecule has 0 saturated heterocycles. The average molecular weight is 272 g/mol. The number of nitrogens with one attached hydrogen (secondary N) is 1. The van der Waals surface area contributed by atoms with Crippen molar-refractivity contribution in [2.45, 2.75) is 25.3 Å². The molecule has 2 aromatic rings. The molecule has 0 spiro atoms. The summed E-state index contributed by atoms with van der Waals surface area (Å²) in [6, 6.07) is 8.54. The van der Waals surface area contributed by atoms with Crippen molar-refractivity contribution >= 4 is 16.8 Å². The Morgan fingerprint density at radius 1 is 1.40 bits per heavy atom. The Hall–Kier alpha value is -1.81. The fraction of sp³-hybridized carbons (Fsp3) is 0.438. The third-order valence-electron chi connectivity index (χ3n) is 3.86. The number of carbonyl (C=O) groups is 1. The van der Waals surface area contributed by atoms with Gasteiger partial charge in [0.15, 0.2) is 0 Å². The van der Waals surface area contributed by atoms with E-state index in [1.54, 1.807) is 7.11 Å². The molecule has 20 heavy (non-hydrogen) atoms. The van der Waals surface area contributed by atoms with Gasteiger partial charge in [0.05, 0.1) is 13.0 Å². The van der Waals surface area contributed by atoms with Crippen LogP contribution in [-0.4, -0.2) is 42.1 Å². The molecule has 1 saturated carbocycles. The van der Waals surface area contributed by atoms with Gasteiger partial charge in [-0.15, -0.1) is 0 Å². The number of amides is 1. The van der Waals surface area contributed by atoms with Gasteiger partial charge in [0.1, 0.15) is 0 Å². The highest BCUT2D eigenvalue weighted by molar-refractivity contribution is 5.89. The van der Waals surface area contributed by atoms with Gasteiger partial charge in [-0.2, -0.15) is 0 Å². The zero-order chi connectivity index (χ0) is 13.9. The summed E-state index contributed by atoms with van der Waals surface area (Å²) in [7, 11) is 1.68. The van der Waals surface area contributed by atoms with Gasteiger partial charge < -0.3 is 14.6 Å². The predicted molar refractivity (Wildman–Crippen MR) is 78.6 cm³/mol. The van der Waals surface area contributed by atoms with Gasteiger partial charge in [0.25, 0.3) is 0 Å². The molecule has 1 aromatic heterocycles. The first-order chi connectivity index (χ1) is 9.79. The number of carbonyl (C=O) groups excluding carboxylic acids is 1. The van der Waals surface area contributed by atoms with E-state index >= 15 is 0 Å². The number of methoxy groups -OCH3 is 1. The van der Waals surface area contributed by atoms with E-state index in [0.717, 1.165) is 29.3 Å². The zero-order valence-electron chi connectivity index (χ0n) is 11.8. The van der Waals surface area contributed by atoms with Crippen LogP contribution in [0.1, 0.15) is 18.4 Å². The summed E-state index contributed by atoms with van der Waals surface area (Å²) in [4.78, 5) is 17.7. The highest BCUT2D eigenvalue weighted by atomic mass is 16.5. The van der Waals surface area contributed by atoms with Crippen LogP contribution in [0.25, 0.3) is 10.9 Å². The van der Waals surface area contributed by atoms with Crippen molar-refractivity contribution in [3.8, 4) is 0 Å². The summed E-state index contributed by atoms with van der Waals surface area (Å²) in [6.45, 7) is 1.30. The van der Waals surface area contributed by atoms with Crippen molar-refractivity contribution in [3.05, 3.63) is 36.0 Å². The molecule has 1 aliphatic carbocycles. The number of aromatic nitrogens is 1. The number of aromatic amines is 1. The van der Waals surface area contributed by atoms with E-state index in [9.17, 15) is 4.79 Å². The lowest BCUT2D eigenvalue weighted by atomic mass is 10.1. The number of fused-ring (bicyclic) bond motifs is 1. The Kier molecular flexibility index (Phi) is 3.74. The molecular formula is C16H20N2O2. The van der Waals surface area contributed by atoms with Gasteiger partial charge >= 0.3 is 0 Å². The normalized spacial score (nSPS) is 14.7. The number of ether oxygens (including phenoxy) is 1. The molecule has 3 rings (SSSR count). The first-order valence-electron chi connectivity index (χ1n) is 7.13. The number of nitrogens with zero attached hydrogens (tertiary/aromatic N) is 1. The minimum atomic E-state index is 0.203. The molecule has 1 aromatic carbocycles. The van der Waals surface area contributed by atoms with Gasteiger partial charge in [-0.05, 0) is 24.5 Å². The van der Waals surface area contributed by atoms with Gasteiger partial charge in [0.2, 0.25) is 5.91 Å². The highest BCUT2D eigenvalue weighted by Gasteiger charge is 2.32. The summed E-state index contributed by atoms with van der Waals surface area (Å²) in [5.74, 6) is 0.203. The molecule has 0 aliphatic heterocycles. The largest absolute Gasteiger partial charge is 0.383 e. The zero-order valence-corrected chi connectivity index (χ0v) is 11.8. The van der Waals surface area contributed by atoms with E-state index in [1.807, 2.05) is 29.3 Å². The van der Waals surface area contributed by atoms with E-state index < -0.39 is 0 Å². The van der Waals surface area contributed by atoms with Crippen molar-refractivity contribution in [1.82, 2.24) is 9.88 Å². The van der Waals surface area contributed by atoms with E-state index in [0.29, 0.717) is 25.6 Å². The van der Waals surface area contributed by atoms with E-state index in [4.69, 9.17) is 4.74 Å².